The van der Waals surface area contributed by atoms with Crippen LogP contribution in [-0.4, -0.2) is 15.0 Å². The summed E-state index contributed by atoms with van der Waals surface area (Å²) in [5.74, 6) is 1.54. The van der Waals surface area contributed by atoms with Gasteiger partial charge in [0.1, 0.15) is 5.82 Å². The number of fused-ring (bicyclic) bond motifs is 1. The number of nitrogens with zero attached hydrogens (tertiary/aromatic N) is 2. The number of benzene rings is 1. The fourth-order valence-corrected chi connectivity index (χ4v) is 1.56. The van der Waals surface area contributed by atoms with Crippen LogP contribution in [0.5, 0.6) is 0 Å². The molecule has 0 unspecified atom stereocenters. The van der Waals surface area contributed by atoms with E-state index in [4.69, 9.17) is 0 Å². The third-order valence-electron chi connectivity index (χ3n) is 2.52. The zero-order valence-corrected chi connectivity index (χ0v) is 16.7. The van der Waals surface area contributed by atoms with Crippen molar-refractivity contribution in [2.24, 2.45) is 0 Å². The highest BCUT2D eigenvalue weighted by Gasteiger charge is 2.04. The summed E-state index contributed by atoms with van der Waals surface area (Å²) in [7, 11) is 0. The number of hydrogen-bond acceptors (Lipinski definition) is 2. The largest absolute Gasteiger partial charge is 0.342 e. The molecule has 0 radical (unpaired) electrons. The van der Waals surface area contributed by atoms with Gasteiger partial charge in [-0.25, -0.2) is 4.98 Å². The summed E-state index contributed by atoms with van der Waals surface area (Å²) in [6, 6.07) is 13.8. The number of pyridine rings is 1. The first-order valence-corrected chi connectivity index (χ1v) is 9.07. The second kappa shape index (κ2) is 17.2. The molecular formula is C21H35N3. The Kier molecular flexibility index (Phi) is 17.3. The predicted octanol–water partition coefficient (Wildman–Crippen LogP) is 6.85. The number of aromatic amines is 1. The van der Waals surface area contributed by atoms with Gasteiger partial charge in [0, 0.05) is 18.3 Å². The predicted molar refractivity (Wildman–Crippen MR) is 108 cm³/mol. The molecule has 0 bridgehead atoms. The Balaban J connectivity index is 0. The maximum atomic E-state index is 4.46. The summed E-state index contributed by atoms with van der Waals surface area (Å²) >= 11 is 0. The number of H-pyrrole nitrogens is 1. The van der Waals surface area contributed by atoms with E-state index in [0.717, 1.165) is 16.9 Å². The second-order valence-corrected chi connectivity index (χ2v) is 4.32. The number of imidazole rings is 1. The van der Waals surface area contributed by atoms with Gasteiger partial charge in [-0.05, 0) is 24.3 Å². The van der Waals surface area contributed by atoms with Crippen LogP contribution in [0.15, 0.2) is 54.9 Å². The van der Waals surface area contributed by atoms with Gasteiger partial charge in [-0.1, -0.05) is 73.6 Å². The third-order valence-corrected chi connectivity index (χ3v) is 2.52. The number of aromatic nitrogens is 3. The van der Waals surface area contributed by atoms with E-state index in [9.17, 15) is 0 Å². The highest BCUT2D eigenvalue weighted by Crippen LogP contribution is 2.15. The summed E-state index contributed by atoms with van der Waals surface area (Å²) in [4.78, 5) is 11.5. The minimum atomic E-state index is 0.470. The molecule has 0 fully saturated rings. The molecule has 24 heavy (non-hydrogen) atoms. The van der Waals surface area contributed by atoms with Gasteiger partial charge in [-0.3, -0.25) is 4.98 Å². The Labute approximate surface area is 148 Å². The van der Waals surface area contributed by atoms with Gasteiger partial charge < -0.3 is 4.98 Å². The van der Waals surface area contributed by atoms with Crippen LogP contribution in [0, 0.1) is 0 Å². The molecule has 1 N–H and O–H groups in total. The van der Waals surface area contributed by atoms with Crippen LogP contribution in [0.1, 0.15) is 67.1 Å². The molecule has 2 heterocycles. The lowest BCUT2D eigenvalue weighted by atomic mass is 10.2. The van der Waals surface area contributed by atoms with Gasteiger partial charge >= 0.3 is 0 Å². The first-order valence-electron chi connectivity index (χ1n) is 9.07. The molecule has 3 nitrogen and oxygen atoms in total. The molecule has 0 aliphatic rings. The Bertz CT molecular complexity index is 526. The van der Waals surface area contributed by atoms with E-state index in [1.54, 1.807) is 12.4 Å². The zero-order chi connectivity index (χ0) is 18.8. The number of nitrogens with one attached hydrogen (secondary N) is 1. The van der Waals surface area contributed by atoms with Crippen LogP contribution in [0.4, 0.5) is 0 Å². The molecule has 1 aromatic carbocycles. The lowest BCUT2D eigenvalue weighted by Crippen LogP contribution is -1.88. The molecule has 3 heteroatoms. The van der Waals surface area contributed by atoms with Crippen molar-refractivity contribution in [3.8, 4) is 0 Å². The van der Waals surface area contributed by atoms with E-state index in [0.29, 0.717) is 5.92 Å². The van der Waals surface area contributed by atoms with Gasteiger partial charge in [0.15, 0.2) is 0 Å². The van der Waals surface area contributed by atoms with Gasteiger partial charge in [0.2, 0.25) is 0 Å². The van der Waals surface area contributed by atoms with Gasteiger partial charge in [0.05, 0.1) is 11.0 Å². The first kappa shape index (κ1) is 24.1. The van der Waals surface area contributed by atoms with Crippen LogP contribution in [-0.2, 0) is 0 Å². The lowest BCUT2D eigenvalue weighted by Gasteiger charge is -1.95. The fourth-order valence-electron chi connectivity index (χ4n) is 1.56. The molecule has 0 spiro atoms. The average molecular weight is 330 g/mol. The van der Waals surface area contributed by atoms with Gasteiger partial charge in [-0.15, -0.1) is 0 Å². The van der Waals surface area contributed by atoms with E-state index >= 15 is 0 Å². The van der Waals surface area contributed by atoms with Crippen LogP contribution >= 0.6 is 0 Å². The van der Waals surface area contributed by atoms with E-state index in [-0.39, 0.29) is 0 Å². The van der Waals surface area contributed by atoms with Gasteiger partial charge in [0.25, 0.3) is 0 Å². The van der Waals surface area contributed by atoms with Crippen molar-refractivity contribution in [2.45, 2.75) is 61.3 Å². The molecule has 0 saturated carbocycles. The Morgan fingerprint density at radius 2 is 1.29 bits per heavy atom. The van der Waals surface area contributed by atoms with Crippen molar-refractivity contribution in [3.63, 3.8) is 0 Å². The highest BCUT2D eigenvalue weighted by atomic mass is 14.9. The van der Waals surface area contributed by atoms with Crippen molar-refractivity contribution < 1.29 is 0 Å². The molecule has 0 saturated heterocycles. The van der Waals surface area contributed by atoms with Gasteiger partial charge in [-0.2, -0.15) is 0 Å². The zero-order valence-electron chi connectivity index (χ0n) is 16.7. The molecule has 134 valence electrons. The molecule has 0 atom stereocenters. The summed E-state index contributed by atoms with van der Waals surface area (Å²) in [6.07, 6.45) is 3.50. The quantitative estimate of drug-likeness (QED) is 0.530. The van der Waals surface area contributed by atoms with Crippen LogP contribution in [0.25, 0.3) is 11.0 Å². The molecule has 2 aromatic heterocycles. The van der Waals surface area contributed by atoms with Crippen molar-refractivity contribution in [3.05, 3.63) is 60.7 Å². The summed E-state index contributed by atoms with van der Waals surface area (Å²) in [6.45, 7) is 16.3. The maximum absolute atomic E-state index is 4.46. The maximum Gasteiger partial charge on any atom is 0.109 e. The van der Waals surface area contributed by atoms with Crippen molar-refractivity contribution >= 4 is 11.0 Å². The molecule has 0 amide bonds. The number of hydrogen-bond donors (Lipinski definition) is 1. The normalized spacial score (nSPS) is 8.38. The first-order chi connectivity index (χ1) is 11.8. The monoisotopic (exact) mass is 329 g/mol. The number of rotatable bonds is 1. The Morgan fingerprint density at radius 1 is 0.750 bits per heavy atom. The average Bonchev–Trinajstić information content (AvgIpc) is 3.13. The standard InChI is InChI=1S/C10H12N2.C5H5N.3C2H6/c1-7(2)10-11-8-5-3-4-6-9(8)12-10;1-2-4-6-5-3-1;3*1-2/h3-7H,1-2H3,(H,11,12);1-5H;3*1-2H3. The minimum Gasteiger partial charge on any atom is -0.342 e. The van der Waals surface area contributed by atoms with Crippen molar-refractivity contribution in [2.75, 3.05) is 0 Å². The smallest absolute Gasteiger partial charge is 0.109 e. The Morgan fingerprint density at radius 3 is 1.67 bits per heavy atom. The fraction of sp³-hybridized carbons (Fsp3) is 0.429. The SMILES string of the molecule is CC.CC.CC.CC(C)c1nc2ccccc2[nH]1.c1ccncc1. The molecule has 0 aliphatic heterocycles. The van der Waals surface area contributed by atoms with Crippen LogP contribution < -0.4 is 0 Å². The molecule has 0 aliphatic carbocycles. The van der Waals surface area contributed by atoms with E-state index in [1.807, 2.05) is 84.0 Å². The summed E-state index contributed by atoms with van der Waals surface area (Å²) in [5, 5.41) is 0. The molecular weight excluding hydrogens is 294 g/mol. The number of para-hydroxylation sites is 2. The topological polar surface area (TPSA) is 41.6 Å². The van der Waals surface area contributed by atoms with E-state index < -0.39 is 0 Å². The molecule has 3 rings (SSSR count). The lowest BCUT2D eigenvalue weighted by molar-refractivity contribution is 0.799. The highest BCUT2D eigenvalue weighted by molar-refractivity contribution is 5.74. The summed E-state index contributed by atoms with van der Waals surface area (Å²) < 4.78 is 0. The van der Waals surface area contributed by atoms with Crippen molar-refractivity contribution in [1.82, 2.24) is 15.0 Å². The van der Waals surface area contributed by atoms with E-state index in [1.165, 1.54) is 0 Å². The minimum absolute atomic E-state index is 0.470. The Hall–Kier alpha value is -2.16. The summed E-state index contributed by atoms with van der Waals surface area (Å²) in [5.41, 5.74) is 2.18. The third kappa shape index (κ3) is 9.78. The van der Waals surface area contributed by atoms with Crippen molar-refractivity contribution in [1.29, 1.82) is 0 Å². The van der Waals surface area contributed by atoms with Crippen LogP contribution in [0.2, 0.25) is 0 Å². The van der Waals surface area contributed by atoms with E-state index in [2.05, 4.69) is 28.8 Å². The second-order valence-electron chi connectivity index (χ2n) is 4.32. The van der Waals surface area contributed by atoms with Crippen LogP contribution in [0.3, 0.4) is 0 Å². The molecule has 3 aromatic rings.